The summed E-state index contributed by atoms with van der Waals surface area (Å²) >= 11 is 0. The van der Waals surface area contributed by atoms with Crippen LogP contribution in [0.15, 0.2) is 36.4 Å². The molecule has 3 amide bonds. The minimum Gasteiger partial charge on any atom is -0.473 e. The predicted octanol–water partition coefficient (Wildman–Crippen LogP) is 3.29. The van der Waals surface area contributed by atoms with E-state index in [2.05, 4.69) is 5.32 Å². The van der Waals surface area contributed by atoms with E-state index < -0.39 is 11.9 Å². The summed E-state index contributed by atoms with van der Waals surface area (Å²) in [4.78, 5) is 25.3. The van der Waals surface area contributed by atoms with Gasteiger partial charge in [-0.05, 0) is 55.7 Å². The van der Waals surface area contributed by atoms with E-state index in [1.165, 1.54) is 6.92 Å². The number of nitrogens with two attached hydrogens (primary N) is 1. The first kappa shape index (κ1) is 18.3. The van der Waals surface area contributed by atoms with Crippen LogP contribution in [0, 0.1) is 20.8 Å². The summed E-state index contributed by atoms with van der Waals surface area (Å²) in [5.41, 5.74) is 9.72. The summed E-state index contributed by atoms with van der Waals surface area (Å²) in [6.45, 7) is 7.18. The van der Waals surface area contributed by atoms with Gasteiger partial charge in [-0.3, -0.25) is 4.79 Å². The molecule has 6 heteroatoms. The Bertz CT molecular complexity index is 802. The molecule has 0 spiro atoms. The highest BCUT2D eigenvalue weighted by molar-refractivity contribution is 6.13. The number of rotatable bonds is 4. The number of urea groups is 1. The largest absolute Gasteiger partial charge is 0.473 e. The van der Waals surface area contributed by atoms with E-state index in [4.69, 9.17) is 10.5 Å². The van der Waals surface area contributed by atoms with Gasteiger partial charge >= 0.3 is 6.03 Å². The van der Waals surface area contributed by atoms with Crippen molar-refractivity contribution in [2.45, 2.75) is 27.7 Å². The molecule has 0 aliphatic rings. The molecule has 25 heavy (non-hydrogen) atoms. The lowest BCUT2D eigenvalue weighted by Crippen LogP contribution is -2.44. The summed E-state index contributed by atoms with van der Waals surface area (Å²) in [6, 6.07) is 10.0. The van der Waals surface area contributed by atoms with Crippen molar-refractivity contribution in [3.63, 3.8) is 0 Å². The Balaban J connectivity index is 2.08. The number of nitrogens with one attached hydrogen (secondary N) is 1. The van der Waals surface area contributed by atoms with Crippen molar-refractivity contribution in [2.24, 2.45) is 0 Å². The fraction of sp³-hybridized carbons (Fsp3) is 0.263. The van der Waals surface area contributed by atoms with Crippen LogP contribution < -0.4 is 20.7 Å². The molecule has 0 unspecified atom stereocenters. The number of hydrogen-bond donors (Lipinski definition) is 2. The van der Waals surface area contributed by atoms with Crippen molar-refractivity contribution in [3.8, 4) is 5.75 Å². The van der Waals surface area contributed by atoms with Crippen LogP contribution in [0.5, 0.6) is 5.75 Å². The summed E-state index contributed by atoms with van der Waals surface area (Å²) in [5, 5.41) is 2.61. The molecular weight excluding hydrogens is 318 g/mol. The molecule has 2 aromatic rings. The molecule has 2 rings (SSSR count). The van der Waals surface area contributed by atoms with Crippen molar-refractivity contribution in [1.82, 2.24) is 5.32 Å². The summed E-state index contributed by atoms with van der Waals surface area (Å²) in [7, 11) is 0. The van der Waals surface area contributed by atoms with Gasteiger partial charge in [-0.2, -0.15) is 0 Å². The maximum Gasteiger partial charge on any atom is 0.331 e. The molecule has 0 bridgehead atoms. The maximum atomic E-state index is 12.4. The molecule has 0 aliphatic heterocycles. The number of aryl methyl sites for hydroxylation is 2. The molecule has 0 saturated carbocycles. The Labute approximate surface area is 147 Å². The van der Waals surface area contributed by atoms with Crippen molar-refractivity contribution in [1.29, 1.82) is 0 Å². The van der Waals surface area contributed by atoms with E-state index in [1.807, 2.05) is 32.9 Å². The second kappa shape index (κ2) is 7.70. The minimum atomic E-state index is -0.568. The lowest BCUT2D eigenvalue weighted by atomic mass is 10.1. The molecule has 0 radical (unpaired) electrons. The average Bonchev–Trinajstić information content (AvgIpc) is 2.54. The molecule has 0 aromatic heterocycles. The van der Waals surface area contributed by atoms with Gasteiger partial charge in [0.15, 0.2) is 6.73 Å². The molecule has 0 saturated heterocycles. The molecule has 0 atom stereocenters. The molecule has 6 nitrogen and oxygen atoms in total. The van der Waals surface area contributed by atoms with Crippen molar-refractivity contribution < 1.29 is 14.3 Å². The lowest BCUT2D eigenvalue weighted by molar-refractivity contribution is -0.115. The van der Waals surface area contributed by atoms with E-state index in [1.54, 1.807) is 24.3 Å². The number of hydrogen-bond acceptors (Lipinski definition) is 4. The smallest absolute Gasteiger partial charge is 0.331 e. The monoisotopic (exact) mass is 341 g/mol. The standard InChI is InChI=1S/C19H23N3O3/c1-12-8-9-13(2)18(14(12)3)25-11-21-19(24)22(15(4)23)17-7-5-6-16(20)10-17/h5-10H,11,20H2,1-4H3,(H,21,24). The molecule has 0 aliphatic carbocycles. The van der Waals surface area contributed by atoms with Crippen molar-refractivity contribution in [3.05, 3.63) is 53.1 Å². The van der Waals surface area contributed by atoms with Crippen LogP contribution in [0.4, 0.5) is 16.2 Å². The van der Waals surface area contributed by atoms with Crippen molar-refractivity contribution in [2.75, 3.05) is 17.4 Å². The van der Waals surface area contributed by atoms with E-state index in [0.717, 1.165) is 27.3 Å². The van der Waals surface area contributed by atoms with Gasteiger partial charge in [0, 0.05) is 12.6 Å². The van der Waals surface area contributed by atoms with Gasteiger partial charge in [-0.25, -0.2) is 9.69 Å². The second-order valence-corrected chi connectivity index (χ2v) is 5.87. The topological polar surface area (TPSA) is 84.7 Å². The third-order valence-electron chi connectivity index (χ3n) is 3.96. The number of carbonyl (C=O) groups excluding carboxylic acids is 2. The number of ether oxygens (including phenoxy) is 1. The number of carbonyl (C=O) groups is 2. The van der Waals surface area contributed by atoms with Gasteiger partial charge in [-0.15, -0.1) is 0 Å². The van der Waals surface area contributed by atoms with Crippen LogP contribution in [0.25, 0.3) is 0 Å². The fourth-order valence-electron chi connectivity index (χ4n) is 2.50. The zero-order valence-corrected chi connectivity index (χ0v) is 14.9. The summed E-state index contributed by atoms with van der Waals surface area (Å²) < 4.78 is 5.71. The Kier molecular flexibility index (Phi) is 5.64. The molecule has 132 valence electrons. The van der Waals surface area contributed by atoms with Gasteiger partial charge < -0.3 is 15.8 Å². The first-order valence-corrected chi connectivity index (χ1v) is 7.95. The van der Waals surface area contributed by atoms with E-state index in [-0.39, 0.29) is 6.73 Å². The Morgan fingerprint density at radius 2 is 1.80 bits per heavy atom. The molecule has 0 fully saturated rings. The zero-order chi connectivity index (χ0) is 18.6. The number of amides is 3. The first-order valence-electron chi connectivity index (χ1n) is 7.95. The second-order valence-electron chi connectivity index (χ2n) is 5.87. The Morgan fingerprint density at radius 1 is 1.12 bits per heavy atom. The van der Waals surface area contributed by atoms with E-state index in [9.17, 15) is 9.59 Å². The fourth-order valence-corrected chi connectivity index (χ4v) is 2.50. The number of benzene rings is 2. The zero-order valence-electron chi connectivity index (χ0n) is 14.9. The molecule has 0 heterocycles. The van der Waals surface area contributed by atoms with Gasteiger partial charge in [0.2, 0.25) is 5.91 Å². The Morgan fingerprint density at radius 3 is 2.44 bits per heavy atom. The van der Waals surface area contributed by atoms with Gasteiger partial charge in [-0.1, -0.05) is 18.2 Å². The quantitative estimate of drug-likeness (QED) is 0.660. The van der Waals surface area contributed by atoms with Crippen LogP contribution in [0.3, 0.4) is 0 Å². The third kappa shape index (κ3) is 4.29. The van der Waals surface area contributed by atoms with Crippen LogP contribution in [-0.2, 0) is 4.79 Å². The normalized spacial score (nSPS) is 10.2. The maximum absolute atomic E-state index is 12.4. The lowest BCUT2D eigenvalue weighted by Gasteiger charge is -2.21. The highest BCUT2D eigenvalue weighted by Gasteiger charge is 2.20. The average molecular weight is 341 g/mol. The number of nitrogen functional groups attached to an aromatic ring is 1. The predicted molar refractivity (Wildman–Crippen MR) is 98.7 cm³/mol. The summed E-state index contributed by atoms with van der Waals surface area (Å²) in [6.07, 6.45) is 0. The highest BCUT2D eigenvalue weighted by atomic mass is 16.5. The van der Waals surface area contributed by atoms with Gasteiger partial charge in [0.1, 0.15) is 5.75 Å². The Hall–Kier alpha value is -3.02. The number of anilines is 2. The van der Waals surface area contributed by atoms with Crippen LogP contribution >= 0.6 is 0 Å². The number of imide groups is 1. The van der Waals surface area contributed by atoms with Crippen LogP contribution in [0.1, 0.15) is 23.6 Å². The minimum absolute atomic E-state index is 0.0456. The highest BCUT2D eigenvalue weighted by Crippen LogP contribution is 2.25. The number of nitrogens with zero attached hydrogens (tertiary/aromatic N) is 1. The van der Waals surface area contributed by atoms with E-state index >= 15 is 0 Å². The van der Waals surface area contributed by atoms with Crippen LogP contribution in [0.2, 0.25) is 0 Å². The van der Waals surface area contributed by atoms with Gasteiger partial charge in [0.25, 0.3) is 0 Å². The van der Waals surface area contributed by atoms with Crippen molar-refractivity contribution >= 4 is 23.3 Å². The van der Waals surface area contributed by atoms with Gasteiger partial charge in [0.05, 0.1) is 5.69 Å². The molecule has 3 N–H and O–H groups in total. The first-order chi connectivity index (χ1) is 11.8. The molecule has 2 aromatic carbocycles. The SMILES string of the molecule is CC(=O)N(C(=O)NCOc1c(C)ccc(C)c1C)c1cccc(N)c1. The molecular formula is C19H23N3O3. The van der Waals surface area contributed by atoms with E-state index in [0.29, 0.717) is 11.4 Å². The summed E-state index contributed by atoms with van der Waals surface area (Å²) in [5.74, 6) is 0.324. The van der Waals surface area contributed by atoms with Crippen LogP contribution in [-0.4, -0.2) is 18.7 Å². The third-order valence-corrected chi connectivity index (χ3v) is 3.96.